The van der Waals surface area contributed by atoms with Crippen molar-refractivity contribution in [1.29, 1.82) is 0 Å². The molecule has 5 rings (SSSR count). The van der Waals surface area contributed by atoms with Gasteiger partial charge in [0.2, 0.25) is 5.88 Å². The fourth-order valence-electron chi connectivity index (χ4n) is 4.64. The lowest BCUT2D eigenvalue weighted by molar-refractivity contribution is -0.274. The summed E-state index contributed by atoms with van der Waals surface area (Å²) in [5.41, 5.74) is 3.83. The van der Waals surface area contributed by atoms with Crippen molar-refractivity contribution < 1.29 is 27.2 Å². The Bertz CT molecular complexity index is 1810. The number of urea groups is 1. The highest BCUT2D eigenvalue weighted by Crippen LogP contribution is 2.32. The molecule has 2 heterocycles. The summed E-state index contributed by atoms with van der Waals surface area (Å²) < 4.78 is 49.2. The third-order valence-corrected chi connectivity index (χ3v) is 6.77. The van der Waals surface area contributed by atoms with Crippen LogP contribution in [0.15, 0.2) is 88.4 Å². The Balaban J connectivity index is 1.17. The quantitative estimate of drug-likeness (QED) is 0.204. The van der Waals surface area contributed by atoms with Gasteiger partial charge in [0.25, 0.3) is 5.56 Å². The molecule has 0 atom stereocenters. The van der Waals surface area contributed by atoms with Gasteiger partial charge >= 0.3 is 12.4 Å². The predicted molar refractivity (Wildman–Crippen MR) is 158 cm³/mol. The van der Waals surface area contributed by atoms with Crippen molar-refractivity contribution in [2.75, 3.05) is 11.9 Å². The molecule has 0 unspecified atom stereocenters. The number of benzene rings is 3. The first kappa shape index (κ1) is 30.1. The first-order valence-corrected chi connectivity index (χ1v) is 13.7. The van der Waals surface area contributed by atoms with Crippen molar-refractivity contribution in [3.8, 4) is 34.0 Å². The molecule has 10 nitrogen and oxygen atoms in total. The van der Waals surface area contributed by atoms with Gasteiger partial charge in [0, 0.05) is 19.2 Å². The number of alkyl halides is 3. The predicted octanol–water partition coefficient (Wildman–Crippen LogP) is 6.28. The van der Waals surface area contributed by atoms with Gasteiger partial charge in [-0.05, 0) is 53.3 Å². The minimum Gasteiger partial charge on any atom is -0.406 e. The topological polar surface area (TPSA) is 116 Å². The molecule has 44 heavy (non-hydrogen) atoms. The van der Waals surface area contributed by atoms with Gasteiger partial charge in [0.05, 0.1) is 5.69 Å². The van der Waals surface area contributed by atoms with Crippen LogP contribution < -0.4 is 20.9 Å². The van der Waals surface area contributed by atoms with Crippen LogP contribution in [0, 0.1) is 0 Å². The van der Waals surface area contributed by atoms with Gasteiger partial charge in [0.15, 0.2) is 5.82 Å². The Kier molecular flexibility index (Phi) is 8.56. The van der Waals surface area contributed by atoms with Crippen molar-refractivity contribution in [3.63, 3.8) is 0 Å². The maximum atomic E-state index is 12.9. The molecule has 0 spiro atoms. The third-order valence-electron chi connectivity index (χ3n) is 6.77. The molecule has 2 aromatic heterocycles. The van der Waals surface area contributed by atoms with E-state index in [9.17, 15) is 22.8 Å². The number of carbonyl (C=O) groups is 1. The number of aryl methyl sites for hydroxylation is 1. The third kappa shape index (κ3) is 7.00. The fourth-order valence-corrected chi connectivity index (χ4v) is 4.64. The monoisotopic (exact) mass is 606 g/mol. The van der Waals surface area contributed by atoms with E-state index in [4.69, 9.17) is 4.52 Å². The fraction of sp³-hybridized carbons (Fsp3) is 0.226. The highest BCUT2D eigenvalue weighted by atomic mass is 19.4. The van der Waals surface area contributed by atoms with Gasteiger partial charge in [0.1, 0.15) is 17.6 Å². The molecule has 0 saturated heterocycles. The normalized spacial score (nSPS) is 11.5. The molecule has 2 N–H and O–H groups in total. The zero-order chi connectivity index (χ0) is 31.4. The average molecular weight is 607 g/mol. The number of rotatable bonds is 9. The Morgan fingerprint density at radius 2 is 1.73 bits per heavy atom. The smallest absolute Gasteiger partial charge is 0.406 e. The number of nitrogens with zero attached hydrogens (tertiary/aromatic N) is 4. The average Bonchev–Trinajstić information content (AvgIpc) is 3.57. The van der Waals surface area contributed by atoms with Crippen LogP contribution in [-0.2, 0) is 13.5 Å². The molecule has 228 valence electrons. The molecule has 3 aromatic carbocycles. The lowest BCUT2D eigenvalue weighted by atomic mass is 9.94. The second-order valence-electron chi connectivity index (χ2n) is 10.2. The molecule has 5 aromatic rings. The van der Waals surface area contributed by atoms with E-state index in [-0.39, 0.29) is 23.1 Å². The van der Waals surface area contributed by atoms with Crippen LogP contribution in [0.5, 0.6) is 5.75 Å². The van der Waals surface area contributed by atoms with E-state index in [0.717, 1.165) is 21.4 Å². The highest BCUT2D eigenvalue weighted by molar-refractivity contribution is 5.92. The Morgan fingerprint density at radius 3 is 2.41 bits per heavy atom. The number of carbonyl (C=O) groups excluding carboxylic acids is 1. The number of halogens is 3. The van der Waals surface area contributed by atoms with Crippen molar-refractivity contribution in [2.45, 2.75) is 32.5 Å². The van der Waals surface area contributed by atoms with E-state index in [0.29, 0.717) is 35.6 Å². The van der Waals surface area contributed by atoms with Gasteiger partial charge in [-0.2, -0.15) is 4.74 Å². The molecule has 0 fully saturated rings. The van der Waals surface area contributed by atoms with Crippen LogP contribution in [-0.4, -0.2) is 38.4 Å². The van der Waals surface area contributed by atoms with Crippen molar-refractivity contribution in [2.24, 2.45) is 7.05 Å². The molecular formula is C31H29F3N6O4. The number of hydrogen-bond acceptors (Lipinski definition) is 6. The molecular weight excluding hydrogens is 577 g/mol. The second kappa shape index (κ2) is 12.5. The minimum atomic E-state index is -4.76. The van der Waals surface area contributed by atoms with Crippen LogP contribution >= 0.6 is 0 Å². The SMILES string of the molecule is CC(C)c1ccccc1-c1c(NC(=O)NCCc2ccc(-c3ncn(-c4ccc(OC(F)(F)F)cc4)n3)cc2)on(C)c1=O. The largest absolute Gasteiger partial charge is 0.573 e. The standard InChI is InChI=1S/C31H29F3N6O4/c1-19(2)24-6-4-5-7-25(24)26-28(44-39(3)29(26)41)37-30(42)35-17-16-20-8-10-21(11-9-20)27-36-18-40(38-27)22-12-14-23(15-13-22)43-31(32,33)34/h4-15,18-19H,16-17H2,1-3H3,(H2,35,37,42). The number of anilines is 1. The summed E-state index contributed by atoms with van der Waals surface area (Å²) in [7, 11) is 1.49. The first-order valence-electron chi connectivity index (χ1n) is 13.7. The number of ether oxygens (including phenoxy) is 1. The van der Waals surface area contributed by atoms with Gasteiger partial charge in [-0.25, -0.2) is 14.5 Å². The summed E-state index contributed by atoms with van der Waals surface area (Å²) in [6.45, 7) is 4.38. The van der Waals surface area contributed by atoms with E-state index in [2.05, 4.69) is 25.5 Å². The Morgan fingerprint density at radius 1 is 1.02 bits per heavy atom. The molecule has 0 aliphatic rings. The molecule has 0 aliphatic carbocycles. The Hall–Kier alpha value is -5.33. The minimum absolute atomic E-state index is 0.0740. The van der Waals surface area contributed by atoms with E-state index in [1.54, 1.807) is 0 Å². The second-order valence-corrected chi connectivity index (χ2v) is 10.2. The molecule has 0 radical (unpaired) electrons. The number of aromatic nitrogens is 4. The summed E-state index contributed by atoms with van der Waals surface area (Å²) in [6.07, 6.45) is -2.76. The van der Waals surface area contributed by atoms with E-state index >= 15 is 0 Å². The summed E-state index contributed by atoms with van der Waals surface area (Å²) in [6, 6.07) is 19.8. The zero-order valence-electron chi connectivity index (χ0n) is 24.1. The molecule has 2 amide bonds. The van der Waals surface area contributed by atoms with Crippen LogP contribution in [0.4, 0.5) is 23.8 Å². The van der Waals surface area contributed by atoms with Gasteiger partial charge in [-0.1, -0.05) is 62.4 Å². The lowest BCUT2D eigenvalue weighted by Gasteiger charge is -2.12. The van der Waals surface area contributed by atoms with Gasteiger partial charge < -0.3 is 14.6 Å². The molecule has 0 saturated carbocycles. The van der Waals surface area contributed by atoms with E-state index in [1.807, 2.05) is 62.4 Å². The summed E-state index contributed by atoms with van der Waals surface area (Å²) in [5, 5.41) is 9.86. The van der Waals surface area contributed by atoms with Crippen LogP contribution in [0.2, 0.25) is 0 Å². The summed E-state index contributed by atoms with van der Waals surface area (Å²) in [4.78, 5) is 29.8. The van der Waals surface area contributed by atoms with Crippen LogP contribution in [0.3, 0.4) is 0 Å². The van der Waals surface area contributed by atoms with Crippen molar-refractivity contribution in [3.05, 3.63) is 101 Å². The van der Waals surface area contributed by atoms with Crippen molar-refractivity contribution >= 4 is 11.9 Å². The molecule has 13 heteroatoms. The molecule has 0 aliphatic heterocycles. The molecule has 0 bridgehead atoms. The van der Waals surface area contributed by atoms with E-state index in [1.165, 1.54) is 42.3 Å². The zero-order valence-corrected chi connectivity index (χ0v) is 24.1. The highest BCUT2D eigenvalue weighted by Gasteiger charge is 2.31. The van der Waals surface area contributed by atoms with Gasteiger partial charge in [-0.15, -0.1) is 18.3 Å². The lowest BCUT2D eigenvalue weighted by Crippen LogP contribution is -2.30. The first-order chi connectivity index (χ1) is 21.0. The number of hydrogen-bond donors (Lipinski definition) is 2. The van der Waals surface area contributed by atoms with E-state index < -0.39 is 12.4 Å². The maximum absolute atomic E-state index is 12.9. The number of nitrogens with one attached hydrogen (secondary N) is 2. The maximum Gasteiger partial charge on any atom is 0.573 e. The summed E-state index contributed by atoms with van der Waals surface area (Å²) in [5.74, 6) is 0.342. The van der Waals surface area contributed by atoms with Gasteiger partial charge in [-0.3, -0.25) is 10.1 Å². The van der Waals surface area contributed by atoms with Crippen LogP contribution in [0.25, 0.3) is 28.2 Å². The number of amides is 2. The van der Waals surface area contributed by atoms with Crippen LogP contribution in [0.1, 0.15) is 30.9 Å². The summed E-state index contributed by atoms with van der Waals surface area (Å²) >= 11 is 0. The van der Waals surface area contributed by atoms with Crippen molar-refractivity contribution in [1.82, 2.24) is 24.8 Å². The Labute approximate surface area is 250 Å².